The number of aromatic amines is 1. The van der Waals surface area contributed by atoms with E-state index >= 15 is 0 Å². The van der Waals surface area contributed by atoms with Gasteiger partial charge in [-0.2, -0.15) is 5.10 Å². The molecule has 1 unspecified atom stereocenters. The maximum atomic E-state index is 11.1. The van der Waals surface area contributed by atoms with Gasteiger partial charge < -0.3 is 10.5 Å². The van der Waals surface area contributed by atoms with Gasteiger partial charge in [-0.1, -0.05) is 0 Å². The predicted octanol–water partition coefficient (Wildman–Crippen LogP) is 3.51. The maximum absolute atomic E-state index is 11.1. The molecule has 0 radical (unpaired) electrons. The molecule has 1 fully saturated rings. The van der Waals surface area contributed by atoms with Crippen molar-refractivity contribution in [2.24, 2.45) is 11.7 Å². The second kappa shape index (κ2) is 8.76. The van der Waals surface area contributed by atoms with Crippen molar-refractivity contribution >= 4 is 16.8 Å². The number of aromatic nitrogens is 4. The quantitative estimate of drug-likeness (QED) is 0.466. The van der Waals surface area contributed by atoms with Crippen molar-refractivity contribution in [1.29, 1.82) is 0 Å². The minimum Gasteiger partial charge on any atom is -0.439 e. The second-order valence-corrected chi connectivity index (χ2v) is 8.22. The van der Waals surface area contributed by atoms with Gasteiger partial charge in [-0.25, -0.2) is 4.98 Å². The van der Waals surface area contributed by atoms with Crippen LogP contribution in [-0.4, -0.2) is 44.1 Å². The molecule has 1 aliphatic heterocycles. The van der Waals surface area contributed by atoms with Crippen LogP contribution < -0.4 is 10.5 Å². The van der Waals surface area contributed by atoms with Crippen molar-refractivity contribution in [3.63, 3.8) is 0 Å². The summed E-state index contributed by atoms with van der Waals surface area (Å²) in [4.78, 5) is 22.5. The molecule has 0 aliphatic carbocycles. The number of nitrogens with one attached hydrogen (secondary N) is 1. The molecule has 32 heavy (non-hydrogen) atoms. The average Bonchev–Trinajstić information content (AvgIpc) is 3.47. The summed E-state index contributed by atoms with van der Waals surface area (Å²) in [6.07, 6.45) is 6.85. The molecule has 5 rings (SSSR count). The van der Waals surface area contributed by atoms with Crippen LogP contribution in [0.15, 0.2) is 61.1 Å². The van der Waals surface area contributed by atoms with Gasteiger partial charge in [-0.05, 0) is 54.8 Å². The number of pyridine rings is 2. The molecule has 1 atom stereocenters. The molecule has 4 heterocycles. The SMILES string of the molecule is NC(=O)CC1CCN(Cc2cnc3cc(Oc4ccc(-c5ccn[nH]5)cn4)ccc3c2)C1. The Morgan fingerprint density at radius 3 is 2.88 bits per heavy atom. The molecule has 4 aromatic rings. The van der Waals surface area contributed by atoms with Gasteiger partial charge in [0.05, 0.1) is 11.2 Å². The van der Waals surface area contributed by atoms with Crippen molar-refractivity contribution in [3.05, 3.63) is 66.6 Å². The zero-order chi connectivity index (χ0) is 21.9. The van der Waals surface area contributed by atoms with E-state index in [1.165, 1.54) is 0 Å². The molecule has 8 nitrogen and oxygen atoms in total. The van der Waals surface area contributed by atoms with E-state index in [1.54, 1.807) is 12.4 Å². The minimum absolute atomic E-state index is 0.216. The van der Waals surface area contributed by atoms with Crippen LogP contribution in [0.1, 0.15) is 18.4 Å². The Balaban J connectivity index is 1.24. The first-order chi connectivity index (χ1) is 15.6. The van der Waals surface area contributed by atoms with Crippen LogP contribution in [0.3, 0.4) is 0 Å². The third kappa shape index (κ3) is 4.60. The van der Waals surface area contributed by atoms with Gasteiger partial charge in [0.1, 0.15) is 5.75 Å². The summed E-state index contributed by atoms with van der Waals surface area (Å²) in [5.74, 6) is 1.35. The van der Waals surface area contributed by atoms with Gasteiger partial charge in [-0.3, -0.25) is 19.8 Å². The van der Waals surface area contributed by atoms with Crippen LogP contribution in [0.4, 0.5) is 0 Å². The first-order valence-electron chi connectivity index (χ1n) is 10.7. The molecule has 8 heteroatoms. The number of rotatable bonds is 7. The Labute approximate surface area is 185 Å². The minimum atomic E-state index is -0.216. The number of H-pyrrole nitrogens is 1. The Morgan fingerprint density at radius 2 is 2.09 bits per heavy atom. The Kier molecular flexibility index (Phi) is 5.51. The van der Waals surface area contributed by atoms with Crippen LogP contribution in [0.5, 0.6) is 11.6 Å². The van der Waals surface area contributed by atoms with E-state index in [0.717, 1.165) is 53.8 Å². The maximum Gasteiger partial charge on any atom is 0.219 e. The molecule has 1 aromatic carbocycles. The molecule has 162 valence electrons. The molecule has 0 saturated carbocycles. The summed E-state index contributed by atoms with van der Waals surface area (Å²) in [7, 11) is 0. The average molecular weight is 428 g/mol. The smallest absolute Gasteiger partial charge is 0.219 e. The number of likely N-dealkylation sites (tertiary alicyclic amines) is 1. The van der Waals surface area contributed by atoms with E-state index in [1.807, 2.05) is 42.6 Å². The summed E-state index contributed by atoms with van der Waals surface area (Å²) >= 11 is 0. The molecule has 1 amide bonds. The van der Waals surface area contributed by atoms with E-state index in [2.05, 4.69) is 31.1 Å². The van der Waals surface area contributed by atoms with Crippen molar-refractivity contribution in [2.75, 3.05) is 13.1 Å². The fraction of sp³-hybridized carbons (Fsp3) is 0.250. The van der Waals surface area contributed by atoms with Gasteiger partial charge in [0.25, 0.3) is 0 Å². The summed E-state index contributed by atoms with van der Waals surface area (Å²) in [5.41, 5.74) is 9.21. The van der Waals surface area contributed by atoms with Crippen LogP contribution in [0.2, 0.25) is 0 Å². The van der Waals surface area contributed by atoms with E-state index < -0.39 is 0 Å². The van der Waals surface area contributed by atoms with Gasteiger partial charge in [-0.15, -0.1) is 0 Å². The highest BCUT2D eigenvalue weighted by Crippen LogP contribution is 2.27. The third-order valence-electron chi connectivity index (χ3n) is 5.75. The highest BCUT2D eigenvalue weighted by Gasteiger charge is 2.23. The lowest BCUT2D eigenvalue weighted by Gasteiger charge is -2.16. The van der Waals surface area contributed by atoms with Crippen LogP contribution in [0.25, 0.3) is 22.2 Å². The van der Waals surface area contributed by atoms with Gasteiger partial charge in [0, 0.05) is 61.2 Å². The standard InChI is InChI=1S/C24H24N6O2/c25-23(31)10-16-6-8-30(14-16)15-17-9-18-1-3-20(11-22(18)26-12-17)32-24-4-2-19(13-27-24)21-5-7-28-29-21/h1-5,7,9,11-13,16H,6,8,10,14-15H2,(H2,25,31)(H,28,29). The highest BCUT2D eigenvalue weighted by molar-refractivity contribution is 5.80. The Bertz CT molecular complexity index is 1220. The number of hydrogen-bond acceptors (Lipinski definition) is 6. The topological polar surface area (TPSA) is 110 Å². The van der Waals surface area contributed by atoms with Gasteiger partial charge >= 0.3 is 0 Å². The van der Waals surface area contributed by atoms with E-state index in [9.17, 15) is 4.79 Å². The lowest BCUT2D eigenvalue weighted by Crippen LogP contribution is -2.22. The number of hydrogen-bond donors (Lipinski definition) is 2. The van der Waals surface area contributed by atoms with Crippen molar-refractivity contribution < 1.29 is 9.53 Å². The fourth-order valence-electron chi connectivity index (χ4n) is 4.20. The van der Waals surface area contributed by atoms with Gasteiger partial charge in [0.15, 0.2) is 0 Å². The fourth-order valence-corrected chi connectivity index (χ4v) is 4.20. The molecule has 3 aromatic heterocycles. The number of fused-ring (bicyclic) bond motifs is 1. The number of nitrogens with two attached hydrogens (primary N) is 1. The molecule has 0 bridgehead atoms. The molecule has 0 spiro atoms. The van der Waals surface area contributed by atoms with Gasteiger partial charge in [0.2, 0.25) is 11.8 Å². The molecular weight excluding hydrogens is 404 g/mol. The lowest BCUT2D eigenvalue weighted by atomic mass is 10.1. The number of benzene rings is 1. The third-order valence-corrected chi connectivity index (χ3v) is 5.75. The lowest BCUT2D eigenvalue weighted by molar-refractivity contribution is -0.118. The summed E-state index contributed by atoms with van der Waals surface area (Å²) in [5, 5.41) is 7.93. The number of amides is 1. The zero-order valence-corrected chi connectivity index (χ0v) is 17.6. The van der Waals surface area contributed by atoms with Crippen LogP contribution >= 0.6 is 0 Å². The highest BCUT2D eigenvalue weighted by atomic mass is 16.5. The predicted molar refractivity (Wildman–Crippen MR) is 121 cm³/mol. The van der Waals surface area contributed by atoms with Crippen LogP contribution in [-0.2, 0) is 11.3 Å². The Morgan fingerprint density at radius 1 is 1.16 bits per heavy atom. The summed E-state index contributed by atoms with van der Waals surface area (Å²) in [6, 6.07) is 13.7. The molecule has 1 saturated heterocycles. The van der Waals surface area contributed by atoms with Crippen LogP contribution in [0, 0.1) is 5.92 Å². The van der Waals surface area contributed by atoms with Crippen molar-refractivity contribution in [1.82, 2.24) is 25.1 Å². The summed E-state index contributed by atoms with van der Waals surface area (Å²) < 4.78 is 5.92. The monoisotopic (exact) mass is 428 g/mol. The van der Waals surface area contributed by atoms with E-state index in [-0.39, 0.29) is 5.91 Å². The molecule has 1 aliphatic rings. The first kappa shape index (κ1) is 20.1. The van der Waals surface area contributed by atoms with Crippen molar-refractivity contribution in [2.45, 2.75) is 19.4 Å². The largest absolute Gasteiger partial charge is 0.439 e. The Hall–Kier alpha value is -3.78. The number of nitrogens with zero attached hydrogens (tertiary/aromatic N) is 4. The normalized spacial score (nSPS) is 16.4. The van der Waals surface area contributed by atoms with Crippen molar-refractivity contribution in [3.8, 4) is 22.9 Å². The number of carbonyl (C=O) groups is 1. The molecular formula is C24H24N6O2. The zero-order valence-electron chi connectivity index (χ0n) is 17.6. The molecule has 3 N–H and O–H groups in total. The second-order valence-electron chi connectivity index (χ2n) is 8.22. The summed E-state index contributed by atoms with van der Waals surface area (Å²) in [6.45, 7) is 2.71. The van der Waals surface area contributed by atoms with E-state index in [4.69, 9.17) is 10.5 Å². The first-order valence-corrected chi connectivity index (χ1v) is 10.7. The number of primary amides is 1. The number of carbonyl (C=O) groups excluding carboxylic acids is 1. The van der Waals surface area contributed by atoms with E-state index in [0.29, 0.717) is 24.0 Å². The number of ether oxygens (including phenoxy) is 1.